The molecule has 0 aliphatic heterocycles. The third-order valence-corrected chi connectivity index (χ3v) is 4.53. The van der Waals surface area contributed by atoms with Crippen LogP contribution in [0, 0.1) is 11.2 Å². The van der Waals surface area contributed by atoms with Crippen molar-refractivity contribution in [1.82, 2.24) is 4.98 Å². The number of esters is 1. The standard InChI is InChI=1S/C22H21FN2O3/c1-15(26)28-14-22(2,13-16-8-10-18(23)11-9-16)21(27)25-19-7-3-5-17-6-4-12-24-20(17)19/h3-12H,13-14H2,1-2H3,(H,25,27). The van der Waals surface area contributed by atoms with Crippen LogP contribution in [0.5, 0.6) is 0 Å². The van der Waals surface area contributed by atoms with Gasteiger partial charge in [0.2, 0.25) is 5.91 Å². The molecule has 0 aliphatic rings. The second-order valence-electron chi connectivity index (χ2n) is 6.98. The maximum Gasteiger partial charge on any atom is 0.302 e. The van der Waals surface area contributed by atoms with Gasteiger partial charge in [0.25, 0.3) is 0 Å². The molecule has 1 heterocycles. The Morgan fingerprint density at radius 3 is 2.54 bits per heavy atom. The van der Waals surface area contributed by atoms with Gasteiger partial charge in [-0.15, -0.1) is 0 Å². The van der Waals surface area contributed by atoms with Gasteiger partial charge in [-0.3, -0.25) is 14.6 Å². The number of benzene rings is 2. The minimum Gasteiger partial charge on any atom is -0.465 e. The lowest BCUT2D eigenvalue weighted by atomic mass is 9.83. The molecule has 2 aromatic carbocycles. The highest BCUT2D eigenvalue weighted by Gasteiger charge is 2.35. The molecular weight excluding hydrogens is 359 g/mol. The van der Waals surface area contributed by atoms with Crippen molar-refractivity contribution in [3.8, 4) is 0 Å². The van der Waals surface area contributed by atoms with Crippen molar-refractivity contribution in [2.24, 2.45) is 5.41 Å². The van der Waals surface area contributed by atoms with Gasteiger partial charge >= 0.3 is 5.97 Å². The lowest BCUT2D eigenvalue weighted by Gasteiger charge is -2.28. The number of hydrogen-bond acceptors (Lipinski definition) is 4. The summed E-state index contributed by atoms with van der Waals surface area (Å²) in [6, 6.07) is 15.2. The molecule has 0 bridgehead atoms. The number of fused-ring (bicyclic) bond motifs is 1. The predicted molar refractivity (Wildman–Crippen MR) is 105 cm³/mol. The van der Waals surface area contributed by atoms with Crippen LogP contribution in [-0.4, -0.2) is 23.5 Å². The van der Waals surface area contributed by atoms with Gasteiger partial charge in [-0.2, -0.15) is 0 Å². The molecule has 6 heteroatoms. The van der Waals surface area contributed by atoms with Crippen molar-refractivity contribution in [3.05, 3.63) is 72.2 Å². The number of rotatable bonds is 6. The summed E-state index contributed by atoms with van der Waals surface area (Å²) in [7, 11) is 0. The predicted octanol–water partition coefficient (Wildman–Crippen LogP) is 4.12. The van der Waals surface area contributed by atoms with Crippen molar-refractivity contribution in [3.63, 3.8) is 0 Å². The molecule has 1 unspecified atom stereocenters. The molecule has 1 N–H and O–H groups in total. The van der Waals surface area contributed by atoms with E-state index < -0.39 is 11.4 Å². The molecule has 144 valence electrons. The summed E-state index contributed by atoms with van der Waals surface area (Å²) in [6.45, 7) is 2.92. The minimum absolute atomic E-state index is 0.0935. The van der Waals surface area contributed by atoms with Crippen LogP contribution in [0.1, 0.15) is 19.4 Å². The summed E-state index contributed by atoms with van der Waals surface area (Å²) in [4.78, 5) is 28.8. The third kappa shape index (κ3) is 4.52. The minimum atomic E-state index is -1.04. The Morgan fingerprint density at radius 1 is 1.11 bits per heavy atom. The van der Waals surface area contributed by atoms with Crippen molar-refractivity contribution < 1.29 is 18.7 Å². The molecule has 3 rings (SSSR count). The number of pyridine rings is 1. The number of anilines is 1. The maximum atomic E-state index is 13.2. The SMILES string of the molecule is CC(=O)OCC(C)(Cc1ccc(F)cc1)C(=O)Nc1cccc2cccnc12. The van der Waals surface area contributed by atoms with Gasteiger partial charge in [-0.1, -0.05) is 30.3 Å². The first-order valence-electron chi connectivity index (χ1n) is 8.90. The number of aromatic nitrogens is 1. The van der Waals surface area contributed by atoms with Crippen LogP contribution in [0.3, 0.4) is 0 Å². The smallest absolute Gasteiger partial charge is 0.302 e. The number of carbonyl (C=O) groups excluding carboxylic acids is 2. The van der Waals surface area contributed by atoms with Gasteiger partial charge < -0.3 is 10.1 Å². The quantitative estimate of drug-likeness (QED) is 0.653. The van der Waals surface area contributed by atoms with Gasteiger partial charge in [0.15, 0.2) is 0 Å². The van der Waals surface area contributed by atoms with Gasteiger partial charge in [-0.25, -0.2) is 4.39 Å². The van der Waals surface area contributed by atoms with Gasteiger partial charge in [0.05, 0.1) is 16.6 Å². The Morgan fingerprint density at radius 2 is 1.82 bits per heavy atom. The van der Waals surface area contributed by atoms with E-state index in [0.29, 0.717) is 11.2 Å². The van der Waals surface area contributed by atoms with Crippen LogP contribution in [0.4, 0.5) is 10.1 Å². The van der Waals surface area contributed by atoms with E-state index in [1.54, 1.807) is 31.3 Å². The molecule has 5 nitrogen and oxygen atoms in total. The lowest BCUT2D eigenvalue weighted by molar-refractivity contribution is -0.146. The summed E-state index contributed by atoms with van der Waals surface area (Å²) in [5, 5.41) is 3.82. The number of carbonyl (C=O) groups is 2. The highest BCUT2D eigenvalue weighted by molar-refractivity contribution is 6.02. The molecular formula is C22H21FN2O3. The fourth-order valence-corrected chi connectivity index (χ4v) is 2.99. The number of nitrogens with zero attached hydrogens (tertiary/aromatic N) is 1. The number of amides is 1. The summed E-state index contributed by atoms with van der Waals surface area (Å²) in [5.41, 5.74) is 0.981. The van der Waals surface area contributed by atoms with E-state index in [1.807, 2.05) is 24.3 Å². The molecule has 1 atom stereocenters. The van der Waals surface area contributed by atoms with E-state index >= 15 is 0 Å². The molecule has 1 aromatic heterocycles. The molecule has 0 spiro atoms. The largest absolute Gasteiger partial charge is 0.465 e. The molecule has 0 aliphatic carbocycles. The van der Waals surface area contributed by atoms with Crippen LogP contribution < -0.4 is 5.32 Å². The van der Waals surface area contributed by atoms with E-state index in [-0.39, 0.29) is 24.8 Å². The van der Waals surface area contributed by atoms with E-state index in [4.69, 9.17) is 4.74 Å². The Balaban J connectivity index is 1.88. The van der Waals surface area contributed by atoms with Crippen LogP contribution >= 0.6 is 0 Å². The van der Waals surface area contributed by atoms with Crippen LogP contribution in [0.2, 0.25) is 0 Å². The third-order valence-electron chi connectivity index (χ3n) is 4.53. The number of ether oxygens (including phenoxy) is 1. The van der Waals surface area contributed by atoms with E-state index in [0.717, 1.165) is 10.9 Å². The number of halogens is 1. The second kappa shape index (κ2) is 8.17. The van der Waals surface area contributed by atoms with Gasteiger partial charge in [0, 0.05) is 18.5 Å². The summed E-state index contributed by atoms with van der Waals surface area (Å²) < 4.78 is 18.4. The molecule has 0 fully saturated rings. The first-order valence-corrected chi connectivity index (χ1v) is 8.90. The Labute approximate surface area is 162 Å². The molecule has 0 saturated heterocycles. The monoisotopic (exact) mass is 380 g/mol. The lowest BCUT2D eigenvalue weighted by Crippen LogP contribution is -2.40. The number of para-hydroxylation sites is 1. The normalized spacial score (nSPS) is 13.0. The maximum absolute atomic E-state index is 13.2. The average Bonchev–Trinajstić information content (AvgIpc) is 2.68. The second-order valence-corrected chi connectivity index (χ2v) is 6.98. The average molecular weight is 380 g/mol. The topological polar surface area (TPSA) is 68.3 Å². The van der Waals surface area contributed by atoms with Gasteiger partial charge in [-0.05, 0) is 43.2 Å². The van der Waals surface area contributed by atoms with Crippen LogP contribution in [0.15, 0.2) is 60.8 Å². The zero-order valence-electron chi connectivity index (χ0n) is 15.7. The van der Waals surface area contributed by atoms with Crippen LogP contribution in [-0.2, 0) is 20.7 Å². The molecule has 1 amide bonds. The number of hydrogen-bond donors (Lipinski definition) is 1. The Bertz CT molecular complexity index is 999. The summed E-state index contributed by atoms with van der Waals surface area (Å²) in [6.07, 6.45) is 1.94. The fraction of sp³-hybridized carbons (Fsp3) is 0.227. The Hall–Kier alpha value is -3.28. The molecule has 28 heavy (non-hydrogen) atoms. The summed E-state index contributed by atoms with van der Waals surface area (Å²) in [5.74, 6) is -1.13. The van der Waals surface area contributed by atoms with Gasteiger partial charge in [0.1, 0.15) is 12.4 Å². The first kappa shape index (κ1) is 19.5. The first-order chi connectivity index (χ1) is 13.4. The van der Waals surface area contributed by atoms with Crippen LogP contribution in [0.25, 0.3) is 10.9 Å². The highest BCUT2D eigenvalue weighted by atomic mass is 19.1. The molecule has 0 saturated carbocycles. The Kier molecular flexibility index (Phi) is 5.68. The zero-order chi connectivity index (χ0) is 20.1. The van der Waals surface area contributed by atoms with E-state index in [2.05, 4.69) is 10.3 Å². The van der Waals surface area contributed by atoms with Crippen molar-refractivity contribution >= 4 is 28.5 Å². The van der Waals surface area contributed by atoms with Crippen molar-refractivity contribution in [2.45, 2.75) is 20.3 Å². The summed E-state index contributed by atoms with van der Waals surface area (Å²) >= 11 is 0. The van der Waals surface area contributed by atoms with Crippen molar-refractivity contribution in [2.75, 3.05) is 11.9 Å². The zero-order valence-corrected chi connectivity index (χ0v) is 15.7. The molecule has 0 radical (unpaired) electrons. The highest BCUT2D eigenvalue weighted by Crippen LogP contribution is 2.28. The molecule has 3 aromatic rings. The van der Waals surface area contributed by atoms with Crippen molar-refractivity contribution in [1.29, 1.82) is 0 Å². The fourth-order valence-electron chi connectivity index (χ4n) is 2.99. The van der Waals surface area contributed by atoms with E-state index in [9.17, 15) is 14.0 Å². The number of nitrogens with one attached hydrogen (secondary N) is 1. The van der Waals surface area contributed by atoms with E-state index in [1.165, 1.54) is 19.1 Å².